The Hall–Kier alpha value is -1.42. The molecule has 0 spiro atoms. The van der Waals surface area contributed by atoms with E-state index in [1.54, 1.807) is 11.3 Å². The lowest BCUT2D eigenvalue weighted by Crippen LogP contribution is -2.17. The van der Waals surface area contributed by atoms with E-state index < -0.39 is 0 Å². The SMILES string of the molecule is CNC(c1sccc1Cl)c1cc(C)nc2ccccc12. The van der Waals surface area contributed by atoms with Crippen LogP contribution in [0.5, 0.6) is 0 Å². The summed E-state index contributed by atoms with van der Waals surface area (Å²) in [6.07, 6.45) is 0. The van der Waals surface area contributed by atoms with Crippen LogP contribution in [-0.2, 0) is 0 Å². The Morgan fingerprint density at radius 2 is 2.05 bits per heavy atom. The number of fused-ring (bicyclic) bond motifs is 1. The lowest BCUT2D eigenvalue weighted by atomic mass is 9.99. The van der Waals surface area contributed by atoms with Gasteiger partial charge in [-0.15, -0.1) is 11.3 Å². The molecule has 0 radical (unpaired) electrons. The number of para-hydroxylation sites is 1. The van der Waals surface area contributed by atoms with Crippen LogP contribution in [0, 0.1) is 6.92 Å². The molecule has 3 rings (SSSR count). The van der Waals surface area contributed by atoms with Gasteiger partial charge in [0.25, 0.3) is 0 Å². The van der Waals surface area contributed by atoms with E-state index in [0.29, 0.717) is 0 Å². The van der Waals surface area contributed by atoms with Crippen molar-refractivity contribution in [3.05, 3.63) is 62.9 Å². The van der Waals surface area contributed by atoms with Gasteiger partial charge in [0.2, 0.25) is 0 Å². The molecular formula is C16H15ClN2S. The minimum absolute atomic E-state index is 0.0918. The molecule has 1 atom stereocenters. The number of rotatable bonds is 3. The zero-order valence-electron chi connectivity index (χ0n) is 11.4. The minimum Gasteiger partial charge on any atom is -0.309 e. The second-order valence-corrected chi connectivity index (χ2v) is 6.08. The molecule has 0 saturated carbocycles. The maximum atomic E-state index is 6.31. The van der Waals surface area contributed by atoms with Crippen LogP contribution in [-0.4, -0.2) is 12.0 Å². The first kappa shape index (κ1) is 13.6. The van der Waals surface area contributed by atoms with E-state index in [0.717, 1.165) is 21.1 Å². The summed E-state index contributed by atoms with van der Waals surface area (Å²) in [4.78, 5) is 5.74. The van der Waals surface area contributed by atoms with Crippen molar-refractivity contribution in [2.24, 2.45) is 0 Å². The Morgan fingerprint density at radius 3 is 2.75 bits per heavy atom. The summed E-state index contributed by atoms with van der Waals surface area (Å²) in [7, 11) is 1.96. The smallest absolute Gasteiger partial charge is 0.0708 e. The Kier molecular flexibility index (Phi) is 3.74. The number of halogens is 1. The first-order valence-electron chi connectivity index (χ1n) is 6.47. The lowest BCUT2D eigenvalue weighted by Gasteiger charge is -2.18. The number of benzene rings is 1. The number of pyridine rings is 1. The summed E-state index contributed by atoms with van der Waals surface area (Å²) < 4.78 is 0. The molecule has 0 aliphatic rings. The molecule has 2 aromatic heterocycles. The van der Waals surface area contributed by atoms with Crippen molar-refractivity contribution in [1.82, 2.24) is 10.3 Å². The van der Waals surface area contributed by atoms with E-state index in [4.69, 9.17) is 11.6 Å². The van der Waals surface area contributed by atoms with Gasteiger partial charge in [0.15, 0.2) is 0 Å². The third-order valence-corrected chi connectivity index (χ3v) is 4.81. The van der Waals surface area contributed by atoms with Gasteiger partial charge in [-0.25, -0.2) is 0 Å². The van der Waals surface area contributed by atoms with E-state index in [-0.39, 0.29) is 6.04 Å². The van der Waals surface area contributed by atoms with Crippen LogP contribution < -0.4 is 5.32 Å². The molecule has 0 bridgehead atoms. The van der Waals surface area contributed by atoms with Crippen LogP contribution in [0.25, 0.3) is 10.9 Å². The molecule has 0 aliphatic carbocycles. The van der Waals surface area contributed by atoms with Gasteiger partial charge in [0.05, 0.1) is 16.6 Å². The van der Waals surface area contributed by atoms with Gasteiger partial charge in [-0.2, -0.15) is 0 Å². The van der Waals surface area contributed by atoms with Gasteiger partial charge in [-0.1, -0.05) is 29.8 Å². The van der Waals surface area contributed by atoms with Gasteiger partial charge < -0.3 is 5.32 Å². The average Bonchev–Trinajstić information content (AvgIpc) is 2.86. The van der Waals surface area contributed by atoms with Crippen molar-refractivity contribution in [3.63, 3.8) is 0 Å². The van der Waals surface area contributed by atoms with Gasteiger partial charge >= 0.3 is 0 Å². The highest BCUT2D eigenvalue weighted by atomic mass is 35.5. The maximum Gasteiger partial charge on any atom is 0.0708 e. The van der Waals surface area contributed by atoms with Crippen LogP contribution in [0.1, 0.15) is 22.2 Å². The van der Waals surface area contributed by atoms with Gasteiger partial charge in [0.1, 0.15) is 0 Å². The van der Waals surface area contributed by atoms with Crippen molar-refractivity contribution in [2.45, 2.75) is 13.0 Å². The number of nitrogens with zero attached hydrogens (tertiary/aromatic N) is 1. The van der Waals surface area contributed by atoms with E-state index >= 15 is 0 Å². The van der Waals surface area contributed by atoms with Crippen LogP contribution >= 0.6 is 22.9 Å². The fraction of sp³-hybridized carbons (Fsp3) is 0.188. The molecule has 0 amide bonds. The fourth-order valence-electron chi connectivity index (χ4n) is 2.52. The second-order valence-electron chi connectivity index (χ2n) is 4.72. The van der Waals surface area contributed by atoms with Crippen molar-refractivity contribution in [3.8, 4) is 0 Å². The van der Waals surface area contributed by atoms with Crippen LogP contribution in [0.4, 0.5) is 0 Å². The summed E-state index contributed by atoms with van der Waals surface area (Å²) in [5.41, 5.74) is 3.27. The van der Waals surface area contributed by atoms with E-state index in [1.165, 1.54) is 10.9 Å². The number of thiophene rings is 1. The third kappa shape index (κ3) is 2.33. The van der Waals surface area contributed by atoms with Crippen LogP contribution in [0.2, 0.25) is 5.02 Å². The Morgan fingerprint density at radius 1 is 1.25 bits per heavy atom. The van der Waals surface area contributed by atoms with E-state index in [1.807, 2.05) is 37.6 Å². The summed E-state index contributed by atoms with van der Waals surface area (Å²) in [6.45, 7) is 2.03. The molecule has 3 aromatic rings. The number of nitrogens with one attached hydrogen (secondary N) is 1. The van der Waals surface area contributed by atoms with E-state index in [2.05, 4.69) is 28.5 Å². The topological polar surface area (TPSA) is 24.9 Å². The molecule has 1 unspecified atom stereocenters. The number of aromatic nitrogens is 1. The highest BCUT2D eigenvalue weighted by Crippen LogP contribution is 2.35. The molecule has 2 nitrogen and oxygen atoms in total. The number of hydrogen-bond donors (Lipinski definition) is 1. The van der Waals surface area contributed by atoms with Gasteiger partial charge in [-0.3, -0.25) is 4.98 Å². The molecule has 0 fully saturated rings. The molecule has 2 heterocycles. The number of aryl methyl sites for hydroxylation is 1. The highest BCUT2D eigenvalue weighted by molar-refractivity contribution is 7.10. The second kappa shape index (κ2) is 5.52. The van der Waals surface area contributed by atoms with Gasteiger partial charge in [0, 0.05) is 16.0 Å². The molecule has 0 saturated heterocycles. The molecule has 0 aliphatic heterocycles. The Bertz CT molecular complexity index is 751. The maximum absolute atomic E-state index is 6.31. The minimum atomic E-state index is 0.0918. The quantitative estimate of drug-likeness (QED) is 0.767. The lowest BCUT2D eigenvalue weighted by molar-refractivity contribution is 0.708. The number of hydrogen-bond acceptors (Lipinski definition) is 3. The molecule has 102 valence electrons. The zero-order chi connectivity index (χ0) is 14.1. The molecule has 20 heavy (non-hydrogen) atoms. The zero-order valence-corrected chi connectivity index (χ0v) is 12.9. The summed E-state index contributed by atoms with van der Waals surface area (Å²) in [5.74, 6) is 0. The van der Waals surface area contributed by atoms with Crippen molar-refractivity contribution >= 4 is 33.8 Å². The fourth-order valence-corrected chi connectivity index (χ4v) is 3.81. The molecule has 1 N–H and O–H groups in total. The van der Waals surface area contributed by atoms with Crippen LogP contribution in [0.3, 0.4) is 0 Å². The largest absolute Gasteiger partial charge is 0.309 e. The monoisotopic (exact) mass is 302 g/mol. The van der Waals surface area contributed by atoms with Crippen molar-refractivity contribution < 1.29 is 0 Å². The summed E-state index contributed by atoms with van der Waals surface area (Å²) >= 11 is 7.99. The third-order valence-electron chi connectivity index (χ3n) is 3.38. The highest BCUT2D eigenvalue weighted by Gasteiger charge is 2.19. The molecular weight excluding hydrogens is 288 g/mol. The Balaban J connectivity index is 2.24. The van der Waals surface area contributed by atoms with Crippen LogP contribution in [0.15, 0.2) is 41.8 Å². The van der Waals surface area contributed by atoms with Gasteiger partial charge in [-0.05, 0) is 43.1 Å². The Labute approximate surface area is 127 Å². The first-order chi connectivity index (χ1) is 9.70. The molecule has 1 aromatic carbocycles. The molecule has 4 heteroatoms. The standard InChI is InChI=1S/C16H15ClN2S/c1-10-9-12(11-5-3-4-6-14(11)19-10)15(18-2)16-13(17)7-8-20-16/h3-9,15,18H,1-2H3. The predicted molar refractivity (Wildman–Crippen MR) is 86.7 cm³/mol. The van der Waals surface area contributed by atoms with Crippen molar-refractivity contribution in [2.75, 3.05) is 7.05 Å². The average molecular weight is 303 g/mol. The summed E-state index contributed by atoms with van der Waals surface area (Å²) in [6, 6.07) is 12.4. The predicted octanol–water partition coefficient (Wildman–Crippen LogP) is 4.57. The van der Waals surface area contributed by atoms with Crippen molar-refractivity contribution in [1.29, 1.82) is 0 Å². The summed E-state index contributed by atoms with van der Waals surface area (Å²) in [5, 5.41) is 7.39. The first-order valence-corrected chi connectivity index (χ1v) is 7.73. The normalized spacial score (nSPS) is 12.8. The van der Waals surface area contributed by atoms with E-state index in [9.17, 15) is 0 Å².